The largest absolute Gasteiger partial charge is 0.368 e. The number of unbranched alkanes of at least 4 members (excludes halogenated alkanes) is 2. The van der Waals surface area contributed by atoms with Gasteiger partial charge in [-0.2, -0.15) is 15.0 Å². The molecular formula is C14H23N7. The average Bonchev–Trinajstić information content (AvgIpc) is 2.74. The van der Waals surface area contributed by atoms with Crippen molar-refractivity contribution in [2.45, 2.75) is 52.9 Å². The molecule has 0 spiro atoms. The van der Waals surface area contributed by atoms with E-state index < -0.39 is 0 Å². The summed E-state index contributed by atoms with van der Waals surface area (Å²) in [6, 6.07) is 0. The molecule has 2 aromatic rings. The molecule has 0 saturated carbocycles. The fourth-order valence-electron chi connectivity index (χ4n) is 2.43. The molecule has 0 aromatic carbocycles. The quantitative estimate of drug-likeness (QED) is 0.785. The number of nitrogens with two attached hydrogens (primary N) is 2. The van der Waals surface area contributed by atoms with Gasteiger partial charge in [0.2, 0.25) is 17.8 Å². The van der Waals surface area contributed by atoms with Gasteiger partial charge in [-0.3, -0.25) is 4.57 Å². The van der Waals surface area contributed by atoms with Crippen LogP contribution in [0.2, 0.25) is 0 Å². The van der Waals surface area contributed by atoms with E-state index in [0.29, 0.717) is 5.95 Å². The van der Waals surface area contributed by atoms with Crippen molar-refractivity contribution in [2.75, 3.05) is 11.5 Å². The molecule has 0 unspecified atom stereocenters. The normalized spacial score (nSPS) is 11.0. The van der Waals surface area contributed by atoms with E-state index in [4.69, 9.17) is 11.5 Å². The predicted octanol–water partition coefficient (Wildman–Crippen LogP) is 1.83. The van der Waals surface area contributed by atoms with Gasteiger partial charge >= 0.3 is 0 Å². The molecule has 114 valence electrons. The zero-order valence-electron chi connectivity index (χ0n) is 12.9. The smallest absolute Gasteiger partial charge is 0.241 e. The summed E-state index contributed by atoms with van der Waals surface area (Å²) in [5.74, 6) is 1.64. The number of aromatic nitrogens is 5. The van der Waals surface area contributed by atoms with E-state index in [1.165, 1.54) is 12.8 Å². The second-order valence-electron chi connectivity index (χ2n) is 5.06. The van der Waals surface area contributed by atoms with Crippen molar-refractivity contribution in [3.05, 3.63) is 17.2 Å². The van der Waals surface area contributed by atoms with Gasteiger partial charge in [0.1, 0.15) is 5.82 Å². The first-order chi connectivity index (χ1) is 10.1. The van der Waals surface area contributed by atoms with Gasteiger partial charge in [-0.1, -0.05) is 26.7 Å². The summed E-state index contributed by atoms with van der Waals surface area (Å²) in [4.78, 5) is 16.9. The van der Waals surface area contributed by atoms with Crippen LogP contribution in [0.25, 0.3) is 5.95 Å². The Labute approximate surface area is 124 Å². The van der Waals surface area contributed by atoms with Gasteiger partial charge in [0.15, 0.2) is 0 Å². The van der Waals surface area contributed by atoms with Crippen LogP contribution in [0.15, 0.2) is 0 Å². The summed E-state index contributed by atoms with van der Waals surface area (Å²) in [5, 5.41) is 0. The molecule has 0 saturated heterocycles. The Balaban J connectivity index is 2.48. The van der Waals surface area contributed by atoms with E-state index in [9.17, 15) is 0 Å². The van der Waals surface area contributed by atoms with Crippen molar-refractivity contribution >= 4 is 11.9 Å². The minimum absolute atomic E-state index is 0.130. The summed E-state index contributed by atoms with van der Waals surface area (Å²) in [6.45, 7) is 6.27. The molecule has 7 nitrogen and oxygen atoms in total. The van der Waals surface area contributed by atoms with Gasteiger partial charge in [-0.15, -0.1) is 0 Å². The number of aryl methyl sites for hydroxylation is 2. The fourth-order valence-corrected chi connectivity index (χ4v) is 2.43. The monoisotopic (exact) mass is 289 g/mol. The highest BCUT2D eigenvalue weighted by Gasteiger charge is 2.17. The van der Waals surface area contributed by atoms with Crippen LogP contribution in [0.1, 0.15) is 50.3 Å². The minimum atomic E-state index is 0.130. The first kappa shape index (κ1) is 15.2. The third kappa shape index (κ3) is 3.29. The Hall–Kier alpha value is -2.18. The summed E-state index contributed by atoms with van der Waals surface area (Å²) >= 11 is 0. The molecule has 0 atom stereocenters. The third-order valence-corrected chi connectivity index (χ3v) is 3.43. The van der Waals surface area contributed by atoms with Crippen molar-refractivity contribution in [3.63, 3.8) is 0 Å². The van der Waals surface area contributed by atoms with Crippen molar-refractivity contribution in [1.29, 1.82) is 0 Å². The third-order valence-electron chi connectivity index (χ3n) is 3.43. The maximum atomic E-state index is 5.69. The topological polar surface area (TPSA) is 109 Å². The summed E-state index contributed by atoms with van der Waals surface area (Å²) in [7, 11) is 0. The Morgan fingerprint density at radius 3 is 2.19 bits per heavy atom. The van der Waals surface area contributed by atoms with Crippen LogP contribution >= 0.6 is 0 Å². The predicted molar refractivity (Wildman–Crippen MR) is 83.1 cm³/mol. The average molecular weight is 289 g/mol. The highest BCUT2D eigenvalue weighted by atomic mass is 15.3. The van der Waals surface area contributed by atoms with Gasteiger partial charge in [0.05, 0.1) is 5.69 Å². The molecule has 2 rings (SSSR count). The van der Waals surface area contributed by atoms with Crippen molar-refractivity contribution < 1.29 is 0 Å². The zero-order chi connectivity index (χ0) is 15.4. The lowest BCUT2D eigenvalue weighted by Crippen LogP contribution is -2.13. The van der Waals surface area contributed by atoms with E-state index in [1.54, 1.807) is 0 Å². The van der Waals surface area contributed by atoms with E-state index in [0.717, 1.165) is 36.5 Å². The summed E-state index contributed by atoms with van der Waals surface area (Å²) in [5.41, 5.74) is 13.5. The number of imidazole rings is 1. The zero-order valence-corrected chi connectivity index (χ0v) is 12.9. The molecular weight excluding hydrogens is 266 g/mol. The Kier molecular flexibility index (Phi) is 4.72. The molecule has 0 fully saturated rings. The summed E-state index contributed by atoms with van der Waals surface area (Å²) < 4.78 is 1.97. The standard InChI is InChI=1S/C14H23N7/c1-4-6-7-8-10-9(3)17-11(5-2)21(10)14-19-12(15)18-13(16)20-14/h4-8H2,1-3H3,(H4,15,16,18,19,20). The fraction of sp³-hybridized carbons (Fsp3) is 0.571. The number of hydrogen-bond acceptors (Lipinski definition) is 6. The van der Waals surface area contributed by atoms with Crippen LogP contribution in [0, 0.1) is 6.92 Å². The highest BCUT2D eigenvalue weighted by Crippen LogP contribution is 2.19. The number of rotatable bonds is 6. The number of nitrogen functional groups attached to an aromatic ring is 2. The second-order valence-corrected chi connectivity index (χ2v) is 5.06. The molecule has 0 aliphatic heterocycles. The summed E-state index contributed by atoms with van der Waals surface area (Å²) in [6.07, 6.45) is 5.22. The van der Waals surface area contributed by atoms with Gasteiger partial charge in [-0.05, 0) is 19.8 Å². The molecule has 21 heavy (non-hydrogen) atoms. The molecule has 0 amide bonds. The van der Waals surface area contributed by atoms with Gasteiger partial charge < -0.3 is 11.5 Å². The Morgan fingerprint density at radius 2 is 1.62 bits per heavy atom. The molecule has 0 radical (unpaired) electrons. The van der Waals surface area contributed by atoms with Gasteiger partial charge in [-0.25, -0.2) is 4.98 Å². The molecule has 0 aliphatic carbocycles. The lowest BCUT2D eigenvalue weighted by Gasteiger charge is -2.10. The van der Waals surface area contributed by atoms with Crippen LogP contribution in [0.5, 0.6) is 0 Å². The lowest BCUT2D eigenvalue weighted by molar-refractivity contribution is 0.684. The van der Waals surface area contributed by atoms with E-state index >= 15 is 0 Å². The molecule has 2 aromatic heterocycles. The number of hydrogen-bond donors (Lipinski definition) is 2. The van der Waals surface area contributed by atoms with Gasteiger partial charge in [0, 0.05) is 12.1 Å². The first-order valence-electron chi connectivity index (χ1n) is 7.41. The molecule has 7 heteroatoms. The highest BCUT2D eigenvalue weighted by molar-refractivity contribution is 5.35. The lowest BCUT2D eigenvalue weighted by atomic mass is 10.1. The van der Waals surface area contributed by atoms with Crippen LogP contribution in [-0.2, 0) is 12.8 Å². The van der Waals surface area contributed by atoms with Crippen molar-refractivity contribution in [2.24, 2.45) is 0 Å². The van der Waals surface area contributed by atoms with E-state index in [-0.39, 0.29) is 11.9 Å². The SMILES string of the molecule is CCCCCc1c(C)nc(CC)n1-c1nc(N)nc(N)n1. The second kappa shape index (κ2) is 6.51. The number of nitrogens with zero attached hydrogens (tertiary/aromatic N) is 5. The maximum absolute atomic E-state index is 5.69. The van der Waals surface area contributed by atoms with Crippen LogP contribution in [0.4, 0.5) is 11.9 Å². The Morgan fingerprint density at radius 1 is 0.952 bits per heavy atom. The molecule has 4 N–H and O–H groups in total. The molecule has 2 heterocycles. The van der Waals surface area contributed by atoms with Gasteiger partial charge in [0.25, 0.3) is 0 Å². The minimum Gasteiger partial charge on any atom is -0.368 e. The molecule has 0 aliphatic rings. The van der Waals surface area contributed by atoms with Crippen LogP contribution < -0.4 is 11.5 Å². The van der Waals surface area contributed by atoms with Crippen molar-refractivity contribution in [1.82, 2.24) is 24.5 Å². The van der Waals surface area contributed by atoms with Crippen LogP contribution in [0.3, 0.4) is 0 Å². The number of anilines is 2. The van der Waals surface area contributed by atoms with Crippen LogP contribution in [-0.4, -0.2) is 24.5 Å². The van der Waals surface area contributed by atoms with E-state index in [2.05, 4.69) is 33.8 Å². The Bertz CT molecular complexity index is 598. The van der Waals surface area contributed by atoms with Crippen molar-refractivity contribution in [3.8, 4) is 5.95 Å². The first-order valence-corrected chi connectivity index (χ1v) is 7.41. The molecule has 0 bridgehead atoms. The van der Waals surface area contributed by atoms with E-state index in [1.807, 2.05) is 11.5 Å². The maximum Gasteiger partial charge on any atom is 0.241 e.